The smallest absolute Gasteiger partial charge is 0.139 e. The molecule has 0 radical (unpaired) electrons. The molecule has 0 bridgehead atoms. The first-order valence-corrected chi connectivity index (χ1v) is 7.35. The molecule has 0 saturated carbocycles. The van der Waals surface area contributed by atoms with Gasteiger partial charge in [-0.25, -0.2) is 0 Å². The summed E-state index contributed by atoms with van der Waals surface area (Å²) in [5.41, 5.74) is 8.53. The van der Waals surface area contributed by atoms with E-state index in [4.69, 9.17) is 38.4 Å². The van der Waals surface area contributed by atoms with E-state index in [-0.39, 0.29) is 0 Å². The molecule has 0 spiro atoms. The van der Waals surface area contributed by atoms with Gasteiger partial charge >= 0.3 is 0 Å². The van der Waals surface area contributed by atoms with Gasteiger partial charge in [0.1, 0.15) is 11.5 Å². The van der Waals surface area contributed by atoms with Crippen LogP contribution < -0.4 is 15.2 Å². The minimum absolute atomic E-state index is 0.383. The van der Waals surface area contributed by atoms with Gasteiger partial charge in [0.15, 0.2) is 0 Å². The lowest BCUT2D eigenvalue weighted by molar-refractivity contribution is 0.340. The Morgan fingerprint density at radius 1 is 1.05 bits per heavy atom. The number of hydrogen-bond donors (Lipinski definition) is 1. The first-order valence-electron chi connectivity index (χ1n) is 6.59. The minimum atomic E-state index is 0.383. The highest BCUT2D eigenvalue weighted by Gasteiger charge is 2.13. The van der Waals surface area contributed by atoms with Gasteiger partial charge in [0, 0.05) is 18.2 Å². The summed E-state index contributed by atoms with van der Waals surface area (Å²) in [6, 6.07) is 9.23. The van der Waals surface area contributed by atoms with Crippen molar-refractivity contribution in [1.82, 2.24) is 0 Å². The number of methoxy groups -OCH3 is 1. The van der Waals surface area contributed by atoms with Gasteiger partial charge in [-0.15, -0.1) is 0 Å². The Hall–Kier alpha value is -1.42. The minimum Gasteiger partial charge on any atom is -0.497 e. The van der Waals surface area contributed by atoms with E-state index in [1.54, 1.807) is 19.2 Å². The van der Waals surface area contributed by atoms with Crippen LogP contribution in [0.25, 0.3) is 11.1 Å². The van der Waals surface area contributed by atoms with Crippen LogP contribution in [0.5, 0.6) is 11.5 Å². The number of benzene rings is 2. The highest BCUT2D eigenvalue weighted by atomic mass is 35.5. The first-order chi connectivity index (χ1) is 10.1. The molecule has 21 heavy (non-hydrogen) atoms. The average molecular weight is 326 g/mol. The lowest BCUT2D eigenvalue weighted by atomic mass is 9.99. The number of rotatable bonds is 5. The Kier molecular flexibility index (Phi) is 5.34. The lowest BCUT2D eigenvalue weighted by Gasteiger charge is -2.14. The van der Waals surface area contributed by atoms with Crippen LogP contribution in [-0.2, 0) is 6.54 Å². The van der Waals surface area contributed by atoms with Crippen LogP contribution in [-0.4, -0.2) is 13.7 Å². The average Bonchev–Trinajstić information content (AvgIpc) is 2.50. The van der Waals surface area contributed by atoms with E-state index in [2.05, 4.69) is 0 Å². The van der Waals surface area contributed by atoms with Crippen molar-refractivity contribution in [3.05, 3.63) is 45.9 Å². The van der Waals surface area contributed by atoms with Crippen LogP contribution >= 0.6 is 23.2 Å². The number of nitrogens with two attached hydrogens (primary N) is 1. The maximum absolute atomic E-state index is 6.36. The monoisotopic (exact) mass is 325 g/mol. The largest absolute Gasteiger partial charge is 0.497 e. The third kappa shape index (κ3) is 3.43. The van der Waals surface area contributed by atoms with Crippen LogP contribution in [0, 0.1) is 0 Å². The Balaban J connectivity index is 2.54. The molecule has 0 aliphatic heterocycles. The van der Waals surface area contributed by atoms with Gasteiger partial charge in [-0.3, -0.25) is 0 Å². The quantitative estimate of drug-likeness (QED) is 0.878. The van der Waals surface area contributed by atoms with E-state index in [1.165, 1.54) is 0 Å². The lowest BCUT2D eigenvalue weighted by Crippen LogP contribution is -2.00. The zero-order valence-electron chi connectivity index (χ0n) is 12.0. The fourth-order valence-corrected chi connectivity index (χ4v) is 2.60. The highest BCUT2D eigenvalue weighted by Crippen LogP contribution is 2.38. The Morgan fingerprint density at radius 2 is 1.81 bits per heavy atom. The molecule has 0 aromatic heterocycles. The van der Waals surface area contributed by atoms with E-state index < -0.39 is 0 Å². The highest BCUT2D eigenvalue weighted by molar-refractivity contribution is 6.36. The molecule has 3 nitrogen and oxygen atoms in total. The Morgan fingerprint density at radius 3 is 2.43 bits per heavy atom. The third-order valence-corrected chi connectivity index (χ3v) is 3.75. The summed E-state index contributed by atoms with van der Waals surface area (Å²) < 4.78 is 10.7. The van der Waals surface area contributed by atoms with Gasteiger partial charge in [0.25, 0.3) is 0 Å². The van der Waals surface area contributed by atoms with Gasteiger partial charge in [0.05, 0.1) is 23.8 Å². The zero-order chi connectivity index (χ0) is 15.4. The summed E-state index contributed by atoms with van der Waals surface area (Å²) in [5.74, 6) is 1.34. The second-order valence-electron chi connectivity index (χ2n) is 4.42. The molecule has 2 rings (SSSR count). The summed E-state index contributed by atoms with van der Waals surface area (Å²) in [4.78, 5) is 0. The van der Waals surface area contributed by atoms with Crippen LogP contribution in [0.2, 0.25) is 10.0 Å². The zero-order valence-corrected chi connectivity index (χ0v) is 13.5. The van der Waals surface area contributed by atoms with Crippen LogP contribution in [0.1, 0.15) is 12.5 Å². The summed E-state index contributed by atoms with van der Waals surface area (Å²) in [5, 5.41) is 1.10. The van der Waals surface area contributed by atoms with Crippen molar-refractivity contribution in [2.75, 3.05) is 13.7 Å². The molecule has 5 heteroatoms. The molecule has 0 heterocycles. The normalized spacial score (nSPS) is 10.5. The van der Waals surface area contributed by atoms with Crippen LogP contribution in [0.4, 0.5) is 0 Å². The summed E-state index contributed by atoms with van der Waals surface area (Å²) >= 11 is 12.6. The van der Waals surface area contributed by atoms with Crippen molar-refractivity contribution < 1.29 is 9.47 Å². The molecule has 0 unspecified atom stereocenters. The molecule has 2 aromatic carbocycles. The number of ether oxygens (including phenoxy) is 2. The molecule has 0 fully saturated rings. The fraction of sp³-hybridized carbons (Fsp3) is 0.250. The van der Waals surface area contributed by atoms with Gasteiger partial charge in [-0.05, 0) is 36.2 Å². The Labute approximate surface area is 134 Å². The van der Waals surface area contributed by atoms with Crippen molar-refractivity contribution in [3.63, 3.8) is 0 Å². The standard InChI is InChI=1S/C16H17Cl2NO2/c1-3-21-16-8-14(17)13(7-15(16)18)12-5-4-11(20-2)6-10(12)9-19/h4-8H,3,9,19H2,1-2H3. The van der Waals surface area contributed by atoms with Gasteiger partial charge in [-0.1, -0.05) is 29.3 Å². The van der Waals surface area contributed by atoms with E-state index in [9.17, 15) is 0 Å². The van der Waals surface area contributed by atoms with Crippen LogP contribution in [0.3, 0.4) is 0 Å². The van der Waals surface area contributed by atoms with Crippen molar-refractivity contribution in [3.8, 4) is 22.6 Å². The molecular weight excluding hydrogens is 309 g/mol. The van der Waals surface area contributed by atoms with Crippen molar-refractivity contribution in [2.24, 2.45) is 5.73 Å². The maximum atomic E-state index is 6.36. The first kappa shape index (κ1) is 16.0. The molecule has 0 aliphatic rings. The molecular formula is C16H17Cl2NO2. The molecule has 112 valence electrons. The Bertz CT molecular complexity index is 644. The molecule has 0 aliphatic carbocycles. The molecule has 0 atom stereocenters. The van der Waals surface area contributed by atoms with Crippen molar-refractivity contribution >= 4 is 23.2 Å². The number of hydrogen-bond acceptors (Lipinski definition) is 3. The van der Waals surface area contributed by atoms with Gasteiger partial charge in [-0.2, -0.15) is 0 Å². The predicted octanol–water partition coefficient (Wildman–Crippen LogP) is 4.53. The topological polar surface area (TPSA) is 44.5 Å². The summed E-state index contributed by atoms with van der Waals surface area (Å²) in [6.45, 7) is 2.81. The summed E-state index contributed by atoms with van der Waals surface area (Å²) in [6.07, 6.45) is 0. The van der Waals surface area contributed by atoms with E-state index in [1.807, 2.05) is 25.1 Å². The van der Waals surface area contributed by atoms with Gasteiger partial charge in [0.2, 0.25) is 0 Å². The van der Waals surface area contributed by atoms with E-state index in [0.717, 1.165) is 22.4 Å². The third-order valence-electron chi connectivity index (χ3n) is 3.14. The second-order valence-corrected chi connectivity index (χ2v) is 5.24. The fourth-order valence-electron chi connectivity index (χ4n) is 2.13. The molecule has 0 amide bonds. The second kappa shape index (κ2) is 7.03. The SMILES string of the molecule is CCOc1cc(Cl)c(-c2ccc(OC)cc2CN)cc1Cl. The molecule has 2 aromatic rings. The predicted molar refractivity (Wildman–Crippen MR) is 87.5 cm³/mol. The van der Waals surface area contributed by atoms with E-state index >= 15 is 0 Å². The van der Waals surface area contributed by atoms with Gasteiger partial charge < -0.3 is 15.2 Å². The maximum Gasteiger partial charge on any atom is 0.139 e. The van der Waals surface area contributed by atoms with Crippen LogP contribution in [0.15, 0.2) is 30.3 Å². The number of halogens is 2. The van der Waals surface area contributed by atoms with Crippen molar-refractivity contribution in [2.45, 2.75) is 13.5 Å². The molecule has 0 saturated heterocycles. The van der Waals surface area contributed by atoms with Crippen molar-refractivity contribution in [1.29, 1.82) is 0 Å². The molecule has 2 N–H and O–H groups in total. The van der Waals surface area contributed by atoms with E-state index in [0.29, 0.717) is 28.9 Å². The summed E-state index contributed by atoms with van der Waals surface area (Å²) in [7, 11) is 1.62.